The summed E-state index contributed by atoms with van der Waals surface area (Å²) >= 11 is 0. The van der Waals surface area contributed by atoms with Crippen molar-refractivity contribution in [1.29, 1.82) is 0 Å². The van der Waals surface area contributed by atoms with Crippen molar-refractivity contribution >= 4 is 15.7 Å². The SMILES string of the molecule is CC(C)(CNc1ccnc(Cc2ccccc2)n1)S(C)(=O)=O. The van der Waals surface area contributed by atoms with Crippen molar-refractivity contribution in [3.05, 3.63) is 54.0 Å². The molecule has 0 fully saturated rings. The Morgan fingerprint density at radius 2 is 1.82 bits per heavy atom. The van der Waals surface area contributed by atoms with Gasteiger partial charge in [-0.2, -0.15) is 0 Å². The lowest BCUT2D eigenvalue weighted by Gasteiger charge is -2.23. The Balaban J connectivity index is 2.06. The molecular weight excluding hydrogens is 298 g/mol. The van der Waals surface area contributed by atoms with Gasteiger partial charge in [0.05, 0.1) is 4.75 Å². The van der Waals surface area contributed by atoms with Crippen molar-refractivity contribution in [1.82, 2.24) is 9.97 Å². The van der Waals surface area contributed by atoms with Crippen molar-refractivity contribution in [3.8, 4) is 0 Å². The Morgan fingerprint density at radius 3 is 2.45 bits per heavy atom. The van der Waals surface area contributed by atoms with Crippen LogP contribution in [0.25, 0.3) is 0 Å². The Morgan fingerprint density at radius 1 is 1.14 bits per heavy atom. The maximum absolute atomic E-state index is 11.7. The molecule has 0 bridgehead atoms. The highest BCUT2D eigenvalue weighted by molar-refractivity contribution is 7.92. The van der Waals surface area contributed by atoms with E-state index in [1.807, 2.05) is 30.3 Å². The van der Waals surface area contributed by atoms with Crippen molar-refractivity contribution in [2.75, 3.05) is 18.1 Å². The predicted octanol–water partition coefficient (Wildman–Crippen LogP) is 2.30. The van der Waals surface area contributed by atoms with Gasteiger partial charge in [0.25, 0.3) is 0 Å². The lowest BCUT2D eigenvalue weighted by molar-refractivity contribution is 0.559. The van der Waals surface area contributed by atoms with Crippen LogP contribution in [0.15, 0.2) is 42.6 Å². The normalized spacial score (nSPS) is 12.1. The van der Waals surface area contributed by atoms with Gasteiger partial charge < -0.3 is 5.32 Å². The second-order valence-corrected chi connectivity index (χ2v) is 8.56. The summed E-state index contributed by atoms with van der Waals surface area (Å²) in [4.78, 5) is 8.69. The van der Waals surface area contributed by atoms with Gasteiger partial charge >= 0.3 is 0 Å². The summed E-state index contributed by atoms with van der Waals surface area (Å²) in [5.74, 6) is 1.34. The molecule has 0 aliphatic carbocycles. The molecule has 0 unspecified atom stereocenters. The summed E-state index contributed by atoms with van der Waals surface area (Å²) in [6.45, 7) is 3.69. The topological polar surface area (TPSA) is 72.0 Å². The molecule has 6 heteroatoms. The average molecular weight is 319 g/mol. The lowest BCUT2D eigenvalue weighted by Crippen LogP contribution is -2.38. The molecule has 0 atom stereocenters. The molecule has 0 aliphatic rings. The minimum Gasteiger partial charge on any atom is -0.368 e. The van der Waals surface area contributed by atoms with Gasteiger partial charge in [0, 0.05) is 25.4 Å². The van der Waals surface area contributed by atoms with Crippen molar-refractivity contribution in [2.24, 2.45) is 0 Å². The van der Waals surface area contributed by atoms with E-state index in [9.17, 15) is 8.42 Å². The molecule has 1 heterocycles. The van der Waals surface area contributed by atoms with Crippen molar-refractivity contribution in [2.45, 2.75) is 25.0 Å². The van der Waals surface area contributed by atoms with Crippen LogP contribution >= 0.6 is 0 Å². The zero-order chi connectivity index (χ0) is 16.2. The molecule has 0 radical (unpaired) electrons. The van der Waals surface area contributed by atoms with Crippen LogP contribution in [0.4, 0.5) is 5.82 Å². The fraction of sp³-hybridized carbons (Fsp3) is 0.375. The third-order valence-electron chi connectivity index (χ3n) is 3.61. The quantitative estimate of drug-likeness (QED) is 0.884. The maximum Gasteiger partial charge on any atom is 0.154 e. The smallest absolute Gasteiger partial charge is 0.154 e. The average Bonchev–Trinajstić information content (AvgIpc) is 2.46. The van der Waals surface area contributed by atoms with E-state index >= 15 is 0 Å². The molecule has 0 aliphatic heterocycles. The number of aromatic nitrogens is 2. The number of hydrogen-bond acceptors (Lipinski definition) is 5. The summed E-state index contributed by atoms with van der Waals surface area (Å²) in [6.07, 6.45) is 3.57. The number of nitrogens with zero attached hydrogens (tertiary/aromatic N) is 2. The molecule has 22 heavy (non-hydrogen) atoms. The summed E-state index contributed by atoms with van der Waals surface area (Å²) < 4.78 is 22.6. The lowest BCUT2D eigenvalue weighted by atomic mass is 10.1. The second kappa shape index (κ2) is 6.44. The summed E-state index contributed by atoms with van der Waals surface area (Å²) in [7, 11) is -3.14. The molecule has 0 amide bonds. The van der Waals surface area contributed by atoms with Crippen molar-refractivity contribution in [3.63, 3.8) is 0 Å². The molecule has 5 nitrogen and oxygen atoms in total. The number of nitrogens with one attached hydrogen (secondary N) is 1. The molecule has 1 aromatic heterocycles. The zero-order valence-corrected chi connectivity index (χ0v) is 13.9. The first-order chi connectivity index (χ1) is 10.3. The Hall–Kier alpha value is -1.95. The van der Waals surface area contributed by atoms with Crippen molar-refractivity contribution < 1.29 is 8.42 Å². The second-order valence-electron chi connectivity index (χ2n) is 5.91. The Labute approximate surface area is 131 Å². The first-order valence-electron chi connectivity index (χ1n) is 7.07. The molecule has 0 spiro atoms. The van der Waals surface area contributed by atoms with Gasteiger partial charge in [-0.1, -0.05) is 30.3 Å². The standard InChI is InChI=1S/C16H21N3O2S/c1-16(2,22(3,20)21)12-18-14-9-10-17-15(19-14)11-13-7-5-4-6-8-13/h4-10H,11-12H2,1-3H3,(H,17,18,19). The van der Waals surface area contributed by atoms with E-state index in [0.717, 1.165) is 5.56 Å². The van der Waals surface area contributed by atoms with Crippen LogP contribution in [0.5, 0.6) is 0 Å². The van der Waals surface area contributed by atoms with Crippen LogP contribution in [0, 0.1) is 0 Å². The fourth-order valence-electron chi connectivity index (χ4n) is 1.80. The molecule has 1 N–H and O–H groups in total. The fourth-order valence-corrected chi connectivity index (χ4v) is 2.13. The molecule has 118 valence electrons. The van der Waals surface area contributed by atoms with E-state index in [2.05, 4.69) is 15.3 Å². The van der Waals surface area contributed by atoms with E-state index in [4.69, 9.17) is 0 Å². The molecule has 2 aromatic rings. The Kier molecular flexibility index (Phi) is 4.81. The maximum atomic E-state index is 11.7. The number of hydrogen-bond donors (Lipinski definition) is 1. The predicted molar refractivity (Wildman–Crippen MR) is 88.7 cm³/mol. The van der Waals surface area contributed by atoms with Gasteiger partial charge in [0.1, 0.15) is 11.6 Å². The highest BCUT2D eigenvalue weighted by atomic mass is 32.2. The largest absolute Gasteiger partial charge is 0.368 e. The van der Waals surface area contributed by atoms with Crippen LogP contribution in [-0.4, -0.2) is 35.9 Å². The van der Waals surface area contributed by atoms with Gasteiger partial charge in [-0.3, -0.25) is 0 Å². The molecule has 0 saturated carbocycles. The van der Waals surface area contributed by atoms with Crippen LogP contribution in [0.3, 0.4) is 0 Å². The van der Waals surface area contributed by atoms with Gasteiger partial charge in [-0.25, -0.2) is 18.4 Å². The van der Waals surface area contributed by atoms with Gasteiger partial charge in [0.15, 0.2) is 9.84 Å². The third-order valence-corrected chi connectivity index (χ3v) is 5.76. The van der Waals surface area contributed by atoms with E-state index in [1.54, 1.807) is 26.1 Å². The summed E-state index contributed by atoms with van der Waals surface area (Å²) in [5, 5.41) is 3.09. The number of anilines is 1. The first kappa shape index (κ1) is 16.4. The van der Waals surface area contributed by atoms with E-state index < -0.39 is 14.6 Å². The van der Waals surface area contributed by atoms with E-state index in [-0.39, 0.29) is 0 Å². The molecule has 1 aromatic carbocycles. The van der Waals surface area contributed by atoms with Crippen LogP contribution in [-0.2, 0) is 16.3 Å². The van der Waals surface area contributed by atoms with Gasteiger partial charge in [0.2, 0.25) is 0 Å². The molecular formula is C16H21N3O2S. The zero-order valence-electron chi connectivity index (χ0n) is 13.1. The van der Waals surface area contributed by atoms with Gasteiger partial charge in [-0.05, 0) is 25.5 Å². The minimum atomic E-state index is -3.14. The highest BCUT2D eigenvalue weighted by Crippen LogP contribution is 2.16. The van der Waals surface area contributed by atoms with Crippen LogP contribution < -0.4 is 5.32 Å². The highest BCUT2D eigenvalue weighted by Gasteiger charge is 2.29. The van der Waals surface area contributed by atoms with E-state index in [1.165, 1.54) is 6.26 Å². The first-order valence-corrected chi connectivity index (χ1v) is 8.96. The number of rotatable bonds is 6. The Bertz CT molecular complexity index is 728. The number of benzene rings is 1. The number of sulfone groups is 1. The molecule has 0 saturated heterocycles. The summed E-state index contributed by atoms with van der Waals surface area (Å²) in [5.41, 5.74) is 1.14. The monoisotopic (exact) mass is 319 g/mol. The third kappa shape index (κ3) is 4.27. The minimum absolute atomic E-state index is 0.299. The van der Waals surface area contributed by atoms with Crippen LogP contribution in [0.1, 0.15) is 25.2 Å². The van der Waals surface area contributed by atoms with E-state index in [0.29, 0.717) is 24.6 Å². The van der Waals surface area contributed by atoms with Gasteiger partial charge in [-0.15, -0.1) is 0 Å². The summed E-state index contributed by atoms with van der Waals surface area (Å²) in [6, 6.07) is 11.7. The van der Waals surface area contributed by atoms with Crippen LogP contribution in [0.2, 0.25) is 0 Å². The molecule has 2 rings (SSSR count).